The zero-order valence-electron chi connectivity index (χ0n) is 11.2. The number of rotatable bonds is 6. The summed E-state index contributed by atoms with van der Waals surface area (Å²) in [6.07, 6.45) is 6.04. The van der Waals surface area contributed by atoms with E-state index in [0.29, 0.717) is 6.04 Å². The third kappa shape index (κ3) is 3.16. The van der Waals surface area contributed by atoms with Gasteiger partial charge in [0.15, 0.2) is 0 Å². The van der Waals surface area contributed by atoms with Crippen molar-refractivity contribution in [3.05, 3.63) is 20.8 Å². The summed E-state index contributed by atoms with van der Waals surface area (Å²) in [7, 11) is 2.06. The van der Waals surface area contributed by atoms with Crippen molar-refractivity contribution in [1.82, 2.24) is 5.32 Å². The quantitative estimate of drug-likeness (QED) is 0.850. The summed E-state index contributed by atoms with van der Waals surface area (Å²) in [5, 5.41) is 5.65. The topological polar surface area (TPSA) is 21.3 Å². The van der Waals surface area contributed by atoms with Gasteiger partial charge in [-0.05, 0) is 55.2 Å². The van der Waals surface area contributed by atoms with E-state index in [4.69, 9.17) is 4.74 Å². The normalized spacial score (nSPS) is 20.2. The van der Waals surface area contributed by atoms with Crippen molar-refractivity contribution in [2.24, 2.45) is 0 Å². The van der Waals surface area contributed by atoms with Gasteiger partial charge >= 0.3 is 0 Å². The van der Waals surface area contributed by atoms with E-state index in [1.165, 1.54) is 35.0 Å². The molecule has 1 N–H and O–H groups in total. The molecular weight excluding hydrogens is 310 g/mol. The zero-order chi connectivity index (χ0) is 13.0. The molecule has 0 aromatic carbocycles. The zero-order valence-corrected chi connectivity index (χ0v) is 13.6. The Balaban J connectivity index is 2.10. The molecule has 1 atom stereocenters. The Bertz CT molecular complexity index is 374. The second kappa shape index (κ2) is 6.51. The van der Waals surface area contributed by atoms with E-state index >= 15 is 0 Å². The van der Waals surface area contributed by atoms with Crippen LogP contribution in [-0.4, -0.2) is 25.3 Å². The van der Waals surface area contributed by atoms with Gasteiger partial charge in [0.1, 0.15) is 0 Å². The molecule has 0 bridgehead atoms. The van der Waals surface area contributed by atoms with Crippen LogP contribution in [0.25, 0.3) is 0 Å². The molecule has 2 rings (SSSR count). The highest BCUT2D eigenvalue weighted by atomic mass is 79.9. The standard InChI is InChI=1S/C14H22BrNOS/c1-3-17-14(6-4-5-7-14)13(16-2)9-12-8-11(15)10-18-12/h8,10,13,16H,3-7,9H2,1-2H3. The first-order valence-corrected chi connectivity index (χ1v) is 8.41. The number of thiophene rings is 1. The van der Waals surface area contributed by atoms with Crippen molar-refractivity contribution in [2.45, 2.75) is 50.7 Å². The summed E-state index contributed by atoms with van der Waals surface area (Å²) in [6.45, 7) is 2.92. The first-order valence-electron chi connectivity index (χ1n) is 6.74. The molecule has 0 amide bonds. The smallest absolute Gasteiger partial charge is 0.0838 e. The molecule has 1 aliphatic rings. The average Bonchev–Trinajstić information content (AvgIpc) is 2.97. The lowest BCUT2D eigenvalue weighted by molar-refractivity contribution is -0.0595. The van der Waals surface area contributed by atoms with Gasteiger partial charge in [-0.15, -0.1) is 11.3 Å². The largest absolute Gasteiger partial charge is 0.374 e. The van der Waals surface area contributed by atoms with E-state index < -0.39 is 0 Å². The van der Waals surface area contributed by atoms with Crippen LogP contribution in [0.5, 0.6) is 0 Å². The van der Waals surface area contributed by atoms with Gasteiger partial charge in [0, 0.05) is 27.4 Å². The van der Waals surface area contributed by atoms with Crippen LogP contribution in [0.2, 0.25) is 0 Å². The summed E-state index contributed by atoms with van der Waals surface area (Å²) < 4.78 is 7.34. The molecule has 1 unspecified atom stereocenters. The molecule has 1 heterocycles. The minimum Gasteiger partial charge on any atom is -0.374 e. The summed E-state index contributed by atoms with van der Waals surface area (Å²) in [4.78, 5) is 1.42. The maximum absolute atomic E-state index is 6.15. The van der Waals surface area contributed by atoms with Crippen LogP contribution >= 0.6 is 27.3 Å². The Hall–Kier alpha value is 0.1000. The second-order valence-electron chi connectivity index (χ2n) is 4.98. The number of hydrogen-bond donors (Lipinski definition) is 1. The molecule has 102 valence electrons. The highest BCUT2D eigenvalue weighted by Gasteiger charge is 2.41. The lowest BCUT2D eigenvalue weighted by Gasteiger charge is -2.37. The highest BCUT2D eigenvalue weighted by Crippen LogP contribution is 2.38. The van der Waals surface area contributed by atoms with Gasteiger partial charge in [-0.25, -0.2) is 0 Å². The first kappa shape index (κ1) is 14.5. The van der Waals surface area contributed by atoms with E-state index in [2.05, 4.69) is 46.7 Å². The predicted molar refractivity (Wildman–Crippen MR) is 81.4 cm³/mol. The molecule has 0 aliphatic heterocycles. The van der Waals surface area contributed by atoms with E-state index in [0.717, 1.165) is 13.0 Å². The lowest BCUT2D eigenvalue weighted by Crippen LogP contribution is -2.51. The molecular formula is C14H22BrNOS. The van der Waals surface area contributed by atoms with Gasteiger partial charge in [0.2, 0.25) is 0 Å². The SMILES string of the molecule is CCOC1(C(Cc2cc(Br)cs2)NC)CCCC1. The Kier molecular flexibility index (Phi) is 5.24. The van der Waals surface area contributed by atoms with E-state index in [-0.39, 0.29) is 5.60 Å². The van der Waals surface area contributed by atoms with Crippen molar-refractivity contribution in [2.75, 3.05) is 13.7 Å². The Morgan fingerprint density at radius 2 is 2.22 bits per heavy atom. The Morgan fingerprint density at radius 3 is 2.72 bits per heavy atom. The maximum atomic E-state index is 6.15. The molecule has 1 aromatic heterocycles. The van der Waals surface area contributed by atoms with E-state index in [1.54, 1.807) is 0 Å². The van der Waals surface area contributed by atoms with Crippen LogP contribution in [0, 0.1) is 0 Å². The second-order valence-corrected chi connectivity index (χ2v) is 6.89. The van der Waals surface area contributed by atoms with Crippen LogP contribution in [-0.2, 0) is 11.2 Å². The van der Waals surface area contributed by atoms with Crippen molar-refractivity contribution in [3.8, 4) is 0 Å². The summed E-state index contributed by atoms with van der Waals surface area (Å²) in [5.74, 6) is 0. The fourth-order valence-corrected chi connectivity index (χ4v) is 4.57. The summed E-state index contributed by atoms with van der Waals surface area (Å²) >= 11 is 5.36. The third-order valence-electron chi connectivity index (χ3n) is 3.89. The van der Waals surface area contributed by atoms with Crippen LogP contribution in [0.3, 0.4) is 0 Å². The monoisotopic (exact) mass is 331 g/mol. The minimum atomic E-state index is 0.0555. The fourth-order valence-electron chi connectivity index (χ4n) is 3.07. The molecule has 0 saturated heterocycles. The van der Waals surface area contributed by atoms with Crippen molar-refractivity contribution in [3.63, 3.8) is 0 Å². The Morgan fingerprint density at radius 1 is 1.50 bits per heavy atom. The van der Waals surface area contributed by atoms with Gasteiger partial charge in [-0.3, -0.25) is 0 Å². The molecule has 0 radical (unpaired) electrons. The van der Waals surface area contributed by atoms with Gasteiger partial charge in [0.05, 0.1) is 5.60 Å². The van der Waals surface area contributed by atoms with Crippen LogP contribution in [0.15, 0.2) is 15.9 Å². The molecule has 1 aliphatic carbocycles. The number of halogens is 1. The maximum Gasteiger partial charge on any atom is 0.0838 e. The molecule has 1 fully saturated rings. The van der Waals surface area contributed by atoms with Gasteiger partial charge in [-0.1, -0.05) is 12.8 Å². The van der Waals surface area contributed by atoms with Crippen LogP contribution in [0.1, 0.15) is 37.5 Å². The first-order chi connectivity index (χ1) is 8.70. The highest BCUT2D eigenvalue weighted by molar-refractivity contribution is 9.10. The molecule has 1 aromatic rings. The predicted octanol–water partition coefficient (Wildman–Crippen LogP) is 3.99. The van der Waals surface area contributed by atoms with Crippen molar-refractivity contribution < 1.29 is 4.74 Å². The number of likely N-dealkylation sites (N-methyl/N-ethyl adjacent to an activating group) is 1. The molecule has 4 heteroatoms. The minimum absolute atomic E-state index is 0.0555. The fraction of sp³-hybridized carbons (Fsp3) is 0.714. The van der Waals surface area contributed by atoms with Crippen molar-refractivity contribution >= 4 is 27.3 Å². The van der Waals surface area contributed by atoms with Gasteiger partial charge in [-0.2, -0.15) is 0 Å². The number of nitrogens with one attached hydrogen (secondary N) is 1. The van der Waals surface area contributed by atoms with E-state index in [1.807, 2.05) is 11.3 Å². The molecule has 1 saturated carbocycles. The van der Waals surface area contributed by atoms with E-state index in [9.17, 15) is 0 Å². The molecule has 0 spiro atoms. The van der Waals surface area contributed by atoms with Crippen LogP contribution in [0.4, 0.5) is 0 Å². The number of hydrogen-bond acceptors (Lipinski definition) is 3. The van der Waals surface area contributed by atoms with Crippen molar-refractivity contribution in [1.29, 1.82) is 0 Å². The number of ether oxygens (including phenoxy) is 1. The van der Waals surface area contributed by atoms with Crippen LogP contribution < -0.4 is 5.32 Å². The Labute approximate surface area is 122 Å². The molecule has 2 nitrogen and oxygen atoms in total. The summed E-state index contributed by atoms with van der Waals surface area (Å²) in [6, 6.07) is 2.65. The summed E-state index contributed by atoms with van der Waals surface area (Å²) in [5.41, 5.74) is 0.0555. The average molecular weight is 332 g/mol. The molecule has 18 heavy (non-hydrogen) atoms. The lowest BCUT2D eigenvalue weighted by atomic mass is 9.89. The van der Waals surface area contributed by atoms with Gasteiger partial charge in [0.25, 0.3) is 0 Å². The van der Waals surface area contributed by atoms with Gasteiger partial charge < -0.3 is 10.1 Å². The third-order valence-corrected chi connectivity index (χ3v) is 5.61.